The molecule has 0 amide bonds. The van der Waals surface area contributed by atoms with Crippen molar-refractivity contribution in [2.24, 2.45) is 22.7 Å². The molecule has 0 saturated carbocycles. The fraction of sp³-hybridized carbons (Fsp3) is 0.245. The van der Waals surface area contributed by atoms with Crippen LogP contribution in [0.4, 0.5) is 11.4 Å². The molecule has 266 valence electrons. The highest BCUT2D eigenvalue weighted by Crippen LogP contribution is 2.57. The van der Waals surface area contributed by atoms with Gasteiger partial charge in [-0.3, -0.25) is 5.32 Å². The Balaban J connectivity index is 1.01. The number of hydrogen-bond acceptors (Lipinski definition) is 5. The van der Waals surface area contributed by atoms with Gasteiger partial charge in [-0.15, -0.1) is 0 Å². The molecule has 9 unspecified atom stereocenters. The summed E-state index contributed by atoms with van der Waals surface area (Å²) in [7, 11) is 0. The highest BCUT2D eigenvalue weighted by Gasteiger charge is 2.56. The summed E-state index contributed by atoms with van der Waals surface area (Å²) in [5.74, 6) is 2.55. The summed E-state index contributed by atoms with van der Waals surface area (Å²) < 4.78 is 0. The van der Waals surface area contributed by atoms with Crippen LogP contribution in [-0.2, 0) is 0 Å². The van der Waals surface area contributed by atoms with E-state index in [2.05, 4.69) is 190 Å². The molecule has 9 atom stereocenters. The van der Waals surface area contributed by atoms with Crippen molar-refractivity contribution in [1.29, 1.82) is 0 Å². The van der Waals surface area contributed by atoms with E-state index in [-0.39, 0.29) is 12.3 Å². The third-order valence-electron chi connectivity index (χ3n) is 13.0. The molecule has 0 bridgehead atoms. The predicted molar refractivity (Wildman–Crippen MR) is 220 cm³/mol. The zero-order valence-corrected chi connectivity index (χ0v) is 30.3. The number of anilines is 2. The Morgan fingerprint density at radius 3 is 2.46 bits per heavy atom. The Morgan fingerprint density at radius 1 is 0.741 bits per heavy atom. The smallest absolute Gasteiger partial charge is 0.131 e. The summed E-state index contributed by atoms with van der Waals surface area (Å²) in [5, 5.41) is 7.65. The first-order valence-electron chi connectivity index (χ1n) is 19.9. The number of hydrogen-bond donors (Lipinski definition) is 2. The van der Waals surface area contributed by atoms with E-state index in [0.29, 0.717) is 41.8 Å². The third kappa shape index (κ3) is 5.13. The van der Waals surface area contributed by atoms with Crippen LogP contribution < -0.4 is 20.4 Å². The van der Waals surface area contributed by atoms with Crippen LogP contribution in [0.25, 0.3) is 0 Å². The molecule has 4 aliphatic carbocycles. The largest absolute Gasteiger partial charge is 0.360 e. The molecule has 5 heteroatoms. The van der Waals surface area contributed by atoms with E-state index in [4.69, 9.17) is 4.99 Å². The van der Waals surface area contributed by atoms with Gasteiger partial charge in [0.1, 0.15) is 18.2 Å². The summed E-state index contributed by atoms with van der Waals surface area (Å²) in [6.07, 6.45) is 27.2. The van der Waals surface area contributed by atoms with E-state index < -0.39 is 0 Å². The van der Waals surface area contributed by atoms with Crippen molar-refractivity contribution in [3.8, 4) is 0 Å². The summed E-state index contributed by atoms with van der Waals surface area (Å²) in [6.45, 7) is 0. The minimum Gasteiger partial charge on any atom is -0.360 e. The molecule has 3 aliphatic heterocycles. The quantitative estimate of drug-likeness (QED) is 0.203. The molecular weight excluding hydrogens is 659 g/mol. The van der Waals surface area contributed by atoms with E-state index in [1.54, 1.807) is 0 Å². The lowest BCUT2D eigenvalue weighted by Gasteiger charge is -2.48. The number of aliphatic imine (C=N–C) groups is 1. The van der Waals surface area contributed by atoms with Gasteiger partial charge in [-0.1, -0.05) is 146 Å². The monoisotopic (exact) mass is 703 g/mol. The van der Waals surface area contributed by atoms with Crippen LogP contribution >= 0.6 is 0 Å². The van der Waals surface area contributed by atoms with Crippen LogP contribution in [0, 0.1) is 17.8 Å². The van der Waals surface area contributed by atoms with Gasteiger partial charge in [0, 0.05) is 58.4 Å². The molecular formula is C49H45N5. The second-order valence-corrected chi connectivity index (χ2v) is 15.8. The summed E-state index contributed by atoms with van der Waals surface area (Å²) in [6, 6.07) is 40.7. The average molecular weight is 704 g/mol. The van der Waals surface area contributed by atoms with Gasteiger partial charge in [-0.2, -0.15) is 0 Å². The lowest BCUT2D eigenvalue weighted by atomic mass is 9.68. The number of nitrogens with zero attached hydrogens (tertiary/aromatic N) is 3. The van der Waals surface area contributed by atoms with E-state index in [1.165, 1.54) is 33.8 Å². The second kappa shape index (κ2) is 13.0. The van der Waals surface area contributed by atoms with Crippen molar-refractivity contribution in [2.45, 2.75) is 55.6 Å². The van der Waals surface area contributed by atoms with Crippen molar-refractivity contribution >= 4 is 17.2 Å². The first kappa shape index (κ1) is 31.8. The fourth-order valence-corrected chi connectivity index (χ4v) is 10.7. The van der Waals surface area contributed by atoms with Crippen LogP contribution in [0.1, 0.15) is 59.8 Å². The maximum absolute atomic E-state index is 5.18. The minimum absolute atomic E-state index is 0.115. The normalized spacial score (nSPS) is 31.3. The van der Waals surface area contributed by atoms with Gasteiger partial charge < -0.3 is 15.1 Å². The second-order valence-electron chi connectivity index (χ2n) is 15.8. The number of benzene rings is 4. The molecule has 0 spiro atoms. The molecule has 7 aliphatic rings. The summed E-state index contributed by atoms with van der Waals surface area (Å²) in [4.78, 5) is 10.8. The molecule has 0 aromatic heterocycles. The van der Waals surface area contributed by atoms with Gasteiger partial charge in [0.2, 0.25) is 0 Å². The number of allylic oxidation sites excluding steroid dienone is 7. The highest BCUT2D eigenvalue weighted by atomic mass is 15.3. The Hall–Kier alpha value is -5.65. The number of nitrogens with one attached hydrogen (secondary N) is 2. The average Bonchev–Trinajstić information content (AvgIpc) is 3.76. The van der Waals surface area contributed by atoms with Crippen molar-refractivity contribution < 1.29 is 0 Å². The molecule has 0 radical (unpaired) electrons. The molecule has 1 fully saturated rings. The van der Waals surface area contributed by atoms with E-state index >= 15 is 0 Å². The Labute approximate surface area is 318 Å². The first-order chi connectivity index (χ1) is 26.8. The van der Waals surface area contributed by atoms with Crippen LogP contribution in [0.15, 0.2) is 186 Å². The van der Waals surface area contributed by atoms with Crippen LogP contribution in [0.2, 0.25) is 0 Å². The Bertz CT molecular complexity index is 2300. The molecule has 4 aromatic carbocycles. The maximum Gasteiger partial charge on any atom is 0.131 e. The van der Waals surface area contributed by atoms with Crippen molar-refractivity contribution in [2.75, 3.05) is 9.80 Å². The van der Waals surface area contributed by atoms with Gasteiger partial charge in [0.05, 0.1) is 6.04 Å². The number of fused-ring (bicyclic) bond motifs is 7. The fourth-order valence-electron chi connectivity index (χ4n) is 10.7. The zero-order valence-electron chi connectivity index (χ0n) is 30.3. The van der Waals surface area contributed by atoms with Crippen molar-refractivity contribution in [1.82, 2.24) is 10.6 Å². The highest BCUT2D eigenvalue weighted by molar-refractivity contribution is 5.99. The van der Waals surface area contributed by atoms with Gasteiger partial charge >= 0.3 is 0 Å². The lowest BCUT2D eigenvalue weighted by molar-refractivity contribution is 0.287. The Kier molecular flexibility index (Phi) is 7.68. The number of rotatable bonds is 5. The standard InChI is InChI=1S/C49H45N5/c1-3-16-32(17-4-1)47-50-48(33-18-5-2-6-19-33)52-49(51-47)35-21-15-22-36(30-35)53-43-29-14-11-26-40(43)45-44(53)31-34-20-7-8-23-37(34)46(45)54-41-27-12-9-24-38(41)39-25-10-13-28-42(39)54/h1-13,15-22,24-28,30-31,37-38,40-41,43,45-47,49,51H,14,23,29H2,(H,50,52). The summed E-state index contributed by atoms with van der Waals surface area (Å²) in [5.41, 5.74) is 10.6. The molecule has 5 nitrogen and oxygen atoms in total. The van der Waals surface area contributed by atoms with Crippen LogP contribution in [-0.4, -0.2) is 24.0 Å². The van der Waals surface area contributed by atoms with Crippen LogP contribution in [0.5, 0.6) is 0 Å². The molecule has 4 aromatic rings. The predicted octanol–water partition coefficient (Wildman–Crippen LogP) is 9.66. The van der Waals surface area contributed by atoms with E-state index in [1.807, 2.05) is 0 Å². The first-order valence-corrected chi connectivity index (χ1v) is 19.9. The SMILES string of the molecule is C1=CCC2C(=C1)C=C1C(C3C=CCCC3N1c1cccc(C3NC(c4ccccc4)=NC(c4ccccc4)N3)c1)C2N1c2ccccc2C2C=CC=CC21. The minimum atomic E-state index is -0.166. The number of para-hydroxylation sites is 1. The molecule has 11 rings (SSSR count). The van der Waals surface area contributed by atoms with Crippen LogP contribution in [0.3, 0.4) is 0 Å². The van der Waals surface area contributed by atoms with E-state index in [0.717, 1.165) is 36.2 Å². The van der Waals surface area contributed by atoms with E-state index in [9.17, 15) is 0 Å². The molecule has 54 heavy (non-hydrogen) atoms. The molecule has 1 saturated heterocycles. The maximum atomic E-state index is 5.18. The zero-order chi connectivity index (χ0) is 35.6. The Morgan fingerprint density at radius 2 is 1.56 bits per heavy atom. The van der Waals surface area contributed by atoms with Crippen molar-refractivity contribution in [3.63, 3.8) is 0 Å². The third-order valence-corrected chi connectivity index (χ3v) is 13.0. The van der Waals surface area contributed by atoms with Gasteiger partial charge in [0.15, 0.2) is 0 Å². The topological polar surface area (TPSA) is 42.9 Å². The number of amidine groups is 1. The van der Waals surface area contributed by atoms with Gasteiger partial charge in [0.25, 0.3) is 0 Å². The van der Waals surface area contributed by atoms with Gasteiger partial charge in [-0.25, -0.2) is 4.99 Å². The van der Waals surface area contributed by atoms with Crippen molar-refractivity contribution in [3.05, 3.63) is 203 Å². The van der Waals surface area contributed by atoms with Gasteiger partial charge in [-0.05, 0) is 65.8 Å². The molecule has 3 heterocycles. The lowest BCUT2D eigenvalue weighted by Crippen LogP contribution is -2.53. The summed E-state index contributed by atoms with van der Waals surface area (Å²) >= 11 is 0. The molecule has 2 N–H and O–H groups in total.